The molecule has 5 atom stereocenters. The zero-order chi connectivity index (χ0) is 29.1. The van der Waals surface area contributed by atoms with Gasteiger partial charge in [0.15, 0.2) is 5.96 Å². The van der Waals surface area contributed by atoms with Crippen molar-refractivity contribution in [1.29, 1.82) is 0 Å². The largest absolute Gasteiger partial charge is 0.508 e. The fourth-order valence-corrected chi connectivity index (χ4v) is 5.81. The number of aromatic hydroxyl groups is 1. The fraction of sp³-hybridized carbons (Fsp3) is 0.655. The van der Waals surface area contributed by atoms with E-state index < -0.39 is 18.2 Å². The smallest absolute Gasteiger partial charge is 0.246 e. The van der Waals surface area contributed by atoms with Crippen molar-refractivity contribution < 1.29 is 24.6 Å². The van der Waals surface area contributed by atoms with Gasteiger partial charge in [0.1, 0.15) is 17.8 Å². The molecule has 11 heteroatoms. The van der Waals surface area contributed by atoms with Crippen LogP contribution in [-0.4, -0.2) is 76.1 Å². The Bertz CT molecular complexity index is 1010. The SMILES string of the molecule is CCCCCC(=O)N[C@@H](Cc1ccc(O)cc1)C(=O)N1C(C(=O)NCCCCN=C(N)N)C[C@@H]2CCC(O)C[C@@H]21. The first-order chi connectivity index (χ1) is 19.2. The summed E-state index contributed by atoms with van der Waals surface area (Å²) < 4.78 is 0. The third kappa shape index (κ3) is 9.11. The van der Waals surface area contributed by atoms with Gasteiger partial charge in [0.05, 0.1) is 6.10 Å². The second kappa shape index (κ2) is 15.4. The summed E-state index contributed by atoms with van der Waals surface area (Å²) in [6.45, 7) is 2.97. The highest BCUT2D eigenvalue weighted by Gasteiger charge is 2.50. The van der Waals surface area contributed by atoms with Gasteiger partial charge in [0.2, 0.25) is 17.7 Å². The topological polar surface area (TPSA) is 183 Å². The number of nitrogens with zero attached hydrogens (tertiary/aromatic N) is 2. The summed E-state index contributed by atoms with van der Waals surface area (Å²) in [5.41, 5.74) is 11.5. The Hall–Kier alpha value is -3.34. The fourth-order valence-electron chi connectivity index (χ4n) is 5.81. The number of hydrogen-bond acceptors (Lipinski definition) is 6. The molecule has 1 saturated heterocycles. The lowest BCUT2D eigenvalue weighted by Gasteiger charge is -2.37. The predicted molar refractivity (Wildman–Crippen MR) is 153 cm³/mol. The van der Waals surface area contributed by atoms with Crippen LogP contribution >= 0.6 is 0 Å². The van der Waals surface area contributed by atoms with Crippen molar-refractivity contribution in [3.63, 3.8) is 0 Å². The minimum atomic E-state index is -0.869. The van der Waals surface area contributed by atoms with Crippen LogP contribution in [0.15, 0.2) is 29.3 Å². The number of aliphatic hydroxyl groups excluding tert-OH is 1. The number of likely N-dealkylation sites (tertiary alicyclic amines) is 1. The number of aliphatic hydroxyl groups is 1. The van der Waals surface area contributed by atoms with Gasteiger partial charge in [-0.1, -0.05) is 31.9 Å². The summed E-state index contributed by atoms with van der Waals surface area (Å²) in [6.07, 6.45) is 6.37. The van der Waals surface area contributed by atoms with Crippen LogP contribution in [0.25, 0.3) is 0 Å². The van der Waals surface area contributed by atoms with Crippen molar-refractivity contribution >= 4 is 23.7 Å². The van der Waals surface area contributed by atoms with E-state index in [0.717, 1.165) is 31.2 Å². The quantitative estimate of drug-likeness (QED) is 0.113. The van der Waals surface area contributed by atoms with E-state index in [4.69, 9.17) is 11.5 Å². The summed E-state index contributed by atoms with van der Waals surface area (Å²) in [5, 5.41) is 26.1. The zero-order valence-corrected chi connectivity index (χ0v) is 23.6. The average molecular weight is 559 g/mol. The monoisotopic (exact) mass is 558 g/mol. The molecule has 3 rings (SSSR count). The Kier molecular flexibility index (Phi) is 12.0. The van der Waals surface area contributed by atoms with Gasteiger partial charge in [-0.25, -0.2) is 0 Å². The molecule has 1 heterocycles. The maximum absolute atomic E-state index is 14.2. The van der Waals surface area contributed by atoms with Gasteiger partial charge in [0, 0.05) is 32.0 Å². The van der Waals surface area contributed by atoms with Gasteiger partial charge in [0.25, 0.3) is 0 Å². The van der Waals surface area contributed by atoms with Crippen molar-refractivity contribution in [2.24, 2.45) is 22.4 Å². The molecule has 2 aliphatic rings. The molecule has 1 aliphatic carbocycles. The molecular weight excluding hydrogens is 512 g/mol. The van der Waals surface area contributed by atoms with Crippen LogP contribution in [0.5, 0.6) is 5.75 Å². The summed E-state index contributed by atoms with van der Waals surface area (Å²) >= 11 is 0. The van der Waals surface area contributed by atoms with Gasteiger partial charge in [-0.2, -0.15) is 0 Å². The Morgan fingerprint density at radius 3 is 2.52 bits per heavy atom. The molecule has 11 nitrogen and oxygen atoms in total. The van der Waals surface area contributed by atoms with Crippen LogP contribution in [0.3, 0.4) is 0 Å². The molecule has 40 heavy (non-hydrogen) atoms. The summed E-state index contributed by atoms with van der Waals surface area (Å²) in [6, 6.07) is 4.73. The number of hydrogen-bond donors (Lipinski definition) is 6. The minimum absolute atomic E-state index is 0.0354. The number of guanidine groups is 1. The number of carbonyl (C=O) groups excluding carboxylic acids is 3. The van der Waals surface area contributed by atoms with Crippen molar-refractivity contribution in [2.75, 3.05) is 13.1 Å². The number of fused-ring (bicyclic) bond motifs is 1. The molecule has 0 spiro atoms. The van der Waals surface area contributed by atoms with Gasteiger partial charge >= 0.3 is 0 Å². The van der Waals surface area contributed by atoms with E-state index in [-0.39, 0.29) is 47.8 Å². The summed E-state index contributed by atoms with van der Waals surface area (Å²) in [4.78, 5) is 46.0. The number of nitrogens with two attached hydrogens (primary N) is 2. The normalized spacial score (nSPS) is 22.7. The lowest BCUT2D eigenvalue weighted by atomic mass is 9.83. The van der Waals surface area contributed by atoms with Crippen LogP contribution in [0, 0.1) is 5.92 Å². The number of benzene rings is 1. The van der Waals surface area contributed by atoms with Crippen LogP contribution in [-0.2, 0) is 20.8 Å². The number of rotatable bonds is 14. The summed E-state index contributed by atoms with van der Waals surface area (Å²) in [5.74, 6) is -0.480. The number of phenols is 1. The van der Waals surface area contributed by atoms with Crippen LogP contribution in [0.1, 0.15) is 76.7 Å². The highest BCUT2D eigenvalue weighted by molar-refractivity contribution is 5.93. The molecule has 8 N–H and O–H groups in total. The molecule has 1 aromatic rings. The molecule has 0 radical (unpaired) electrons. The van der Waals surface area contributed by atoms with E-state index in [1.54, 1.807) is 29.2 Å². The number of nitrogens with one attached hydrogen (secondary N) is 2. The van der Waals surface area contributed by atoms with E-state index in [9.17, 15) is 24.6 Å². The molecular formula is C29H46N6O5. The highest BCUT2D eigenvalue weighted by atomic mass is 16.3. The Balaban J connectivity index is 1.77. The van der Waals surface area contributed by atoms with E-state index in [1.807, 2.05) is 0 Å². The average Bonchev–Trinajstić information content (AvgIpc) is 3.29. The van der Waals surface area contributed by atoms with Crippen molar-refractivity contribution in [1.82, 2.24) is 15.5 Å². The Labute approximate surface area is 236 Å². The molecule has 0 bridgehead atoms. The van der Waals surface area contributed by atoms with E-state index >= 15 is 0 Å². The number of unbranched alkanes of at least 4 members (excludes halogenated alkanes) is 3. The third-order valence-corrected chi connectivity index (χ3v) is 7.90. The van der Waals surface area contributed by atoms with Crippen LogP contribution in [0.4, 0.5) is 0 Å². The maximum atomic E-state index is 14.2. The lowest BCUT2D eigenvalue weighted by Crippen LogP contribution is -2.57. The van der Waals surface area contributed by atoms with Gasteiger partial charge < -0.3 is 37.2 Å². The lowest BCUT2D eigenvalue weighted by molar-refractivity contribution is -0.144. The molecule has 2 fully saturated rings. The van der Waals surface area contributed by atoms with E-state index in [2.05, 4.69) is 22.5 Å². The van der Waals surface area contributed by atoms with Gasteiger partial charge in [-0.05, 0) is 68.6 Å². The molecule has 3 amide bonds. The molecule has 1 saturated carbocycles. The molecule has 1 aliphatic heterocycles. The highest BCUT2D eigenvalue weighted by Crippen LogP contribution is 2.40. The maximum Gasteiger partial charge on any atom is 0.246 e. The number of amides is 3. The first kappa shape index (κ1) is 31.2. The second-order valence-corrected chi connectivity index (χ2v) is 11.0. The van der Waals surface area contributed by atoms with Crippen molar-refractivity contribution in [2.45, 2.75) is 102 Å². The zero-order valence-electron chi connectivity index (χ0n) is 23.6. The van der Waals surface area contributed by atoms with Gasteiger partial charge in [-0.3, -0.25) is 19.4 Å². The molecule has 1 aromatic carbocycles. The van der Waals surface area contributed by atoms with Crippen LogP contribution in [0.2, 0.25) is 0 Å². The van der Waals surface area contributed by atoms with Crippen molar-refractivity contribution in [3.05, 3.63) is 29.8 Å². The first-order valence-electron chi connectivity index (χ1n) is 14.6. The predicted octanol–water partition coefficient (Wildman–Crippen LogP) is 1.30. The standard InChI is InChI=1S/C29H46N6O5/c1-2-3-4-7-26(38)34-23(16-19-8-11-21(36)12-9-19)28(40)35-24-18-22(37)13-10-20(24)17-25(35)27(39)32-14-5-6-15-33-29(30)31/h8-9,11-12,20,22-25,36-37H,2-7,10,13-18H2,1H3,(H,32,39)(H,34,38)(H4,30,31,33)/t20-,22?,23-,24-,25?/m0/s1. The first-order valence-corrected chi connectivity index (χ1v) is 14.6. The Morgan fingerprint density at radius 1 is 1.07 bits per heavy atom. The molecule has 2 unspecified atom stereocenters. The van der Waals surface area contributed by atoms with Crippen LogP contribution < -0.4 is 22.1 Å². The van der Waals surface area contributed by atoms with E-state index in [1.165, 1.54) is 0 Å². The van der Waals surface area contributed by atoms with Gasteiger partial charge in [-0.15, -0.1) is 0 Å². The summed E-state index contributed by atoms with van der Waals surface area (Å²) in [7, 11) is 0. The van der Waals surface area contributed by atoms with E-state index in [0.29, 0.717) is 51.6 Å². The van der Waals surface area contributed by atoms with Crippen molar-refractivity contribution in [3.8, 4) is 5.75 Å². The molecule has 222 valence electrons. The number of phenolic OH excluding ortho intramolecular Hbond substituents is 1. The minimum Gasteiger partial charge on any atom is -0.508 e. The number of carbonyl (C=O) groups is 3. The number of aliphatic imine (C=N–C) groups is 1. The third-order valence-electron chi connectivity index (χ3n) is 7.90. The molecule has 0 aromatic heterocycles. The Morgan fingerprint density at radius 2 is 1.82 bits per heavy atom. The second-order valence-electron chi connectivity index (χ2n) is 11.0.